The molecule has 1 heterocycles. The van der Waals surface area contributed by atoms with Crippen molar-refractivity contribution in [3.05, 3.63) is 35.9 Å². The van der Waals surface area contributed by atoms with E-state index in [1.54, 1.807) is 24.3 Å². The van der Waals surface area contributed by atoms with Crippen LogP contribution in [0.4, 0.5) is 5.69 Å². The average molecular weight is 274 g/mol. The van der Waals surface area contributed by atoms with E-state index in [2.05, 4.69) is 10.6 Å². The topological polar surface area (TPSA) is 78.4 Å². The van der Waals surface area contributed by atoms with E-state index in [0.717, 1.165) is 31.0 Å². The van der Waals surface area contributed by atoms with Gasteiger partial charge in [0, 0.05) is 24.2 Å². The zero-order valence-corrected chi connectivity index (χ0v) is 11.1. The highest BCUT2D eigenvalue weighted by Crippen LogP contribution is 2.14. The Hall–Kier alpha value is -2.14. The lowest BCUT2D eigenvalue weighted by molar-refractivity contribution is -0.131. The van der Waals surface area contributed by atoms with Gasteiger partial charge in [-0.3, -0.25) is 4.79 Å². The van der Waals surface area contributed by atoms with Gasteiger partial charge in [0.25, 0.3) is 0 Å². The minimum absolute atomic E-state index is 0.0243. The number of carbonyl (C=O) groups excluding carboxylic acids is 1. The van der Waals surface area contributed by atoms with E-state index in [-0.39, 0.29) is 11.9 Å². The lowest BCUT2D eigenvalue weighted by Gasteiger charge is -2.10. The molecule has 0 aliphatic carbocycles. The number of amides is 1. The van der Waals surface area contributed by atoms with Crippen LogP contribution in [0.3, 0.4) is 0 Å². The van der Waals surface area contributed by atoms with Crippen LogP contribution in [0.15, 0.2) is 30.3 Å². The quantitative estimate of drug-likeness (QED) is 0.716. The van der Waals surface area contributed by atoms with Crippen molar-refractivity contribution >= 4 is 23.6 Å². The zero-order chi connectivity index (χ0) is 14.4. The maximum atomic E-state index is 11.9. The Bertz CT molecular complexity index is 520. The third-order valence-electron chi connectivity index (χ3n) is 3.18. The molecule has 3 N–H and O–H groups in total. The van der Waals surface area contributed by atoms with Crippen molar-refractivity contribution in [2.45, 2.75) is 25.3 Å². The number of hydrogen-bond acceptors (Lipinski definition) is 3. The summed E-state index contributed by atoms with van der Waals surface area (Å²) in [5, 5.41) is 14.7. The van der Waals surface area contributed by atoms with E-state index in [1.807, 2.05) is 0 Å². The van der Waals surface area contributed by atoms with Crippen LogP contribution in [-0.2, 0) is 9.59 Å². The summed E-state index contributed by atoms with van der Waals surface area (Å²) >= 11 is 0. The van der Waals surface area contributed by atoms with Gasteiger partial charge in [0.1, 0.15) is 0 Å². The van der Waals surface area contributed by atoms with Gasteiger partial charge < -0.3 is 15.7 Å². The van der Waals surface area contributed by atoms with Crippen LogP contribution in [0.5, 0.6) is 0 Å². The van der Waals surface area contributed by atoms with Crippen molar-refractivity contribution in [1.29, 1.82) is 0 Å². The van der Waals surface area contributed by atoms with E-state index >= 15 is 0 Å². The maximum Gasteiger partial charge on any atom is 0.328 e. The maximum absolute atomic E-state index is 11.9. The van der Waals surface area contributed by atoms with E-state index in [1.165, 1.54) is 6.08 Å². The molecule has 1 aromatic rings. The van der Waals surface area contributed by atoms with Crippen molar-refractivity contribution < 1.29 is 14.7 Å². The number of carbonyl (C=O) groups is 2. The summed E-state index contributed by atoms with van der Waals surface area (Å²) in [5.74, 6) is -1.02. The second-order valence-corrected chi connectivity index (χ2v) is 4.84. The predicted molar refractivity (Wildman–Crippen MR) is 77.4 cm³/mol. The van der Waals surface area contributed by atoms with Crippen molar-refractivity contribution in [2.24, 2.45) is 0 Å². The van der Waals surface area contributed by atoms with Crippen LogP contribution >= 0.6 is 0 Å². The molecule has 1 saturated heterocycles. The fraction of sp³-hybridized carbons (Fsp3) is 0.333. The summed E-state index contributed by atoms with van der Waals surface area (Å²) < 4.78 is 0. The fourth-order valence-corrected chi connectivity index (χ4v) is 2.25. The molecule has 1 fully saturated rings. The molecule has 5 nitrogen and oxygen atoms in total. The van der Waals surface area contributed by atoms with Crippen LogP contribution in [0, 0.1) is 0 Å². The van der Waals surface area contributed by atoms with Gasteiger partial charge in [-0.2, -0.15) is 0 Å². The Kier molecular flexibility index (Phi) is 4.90. The molecule has 1 amide bonds. The van der Waals surface area contributed by atoms with Crippen molar-refractivity contribution in [3.8, 4) is 0 Å². The summed E-state index contributed by atoms with van der Waals surface area (Å²) in [7, 11) is 0. The summed E-state index contributed by atoms with van der Waals surface area (Å²) in [6, 6.07) is 7.38. The number of carboxylic acid groups (broad SMARTS) is 1. The molecule has 106 valence electrons. The smallest absolute Gasteiger partial charge is 0.328 e. The second-order valence-electron chi connectivity index (χ2n) is 4.84. The molecule has 2 rings (SSSR count). The van der Waals surface area contributed by atoms with Gasteiger partial charge in [-0.15, -0.1) is 0 Å². The lowest BCUT2D eigenvalue weighted by atomic mass is 10.1. The number of hydrogen-bond donors (Lipinski definition) is 3. The highest BCUT2D eigenvalue weighted by atomic mass is 16.4. The Balaban J connectivity index is 1.93. The average Bonchev–Trinajstić information content (AvgIpc) is 2.89. The van der Waals surface area contributed by atoms with Crippen LogP contribution in [0.25, 0.3) is 6.08 Å². The molecular formula is C15H18N2O3. The van der Waals surface area contributed by atoms with Crippen LogP contribution in [0.1, 0.15) is 24.8 Å². The highest BCUT2D eigenvalue weighted by molar-refractivity contribution is 5.91. The molecule has 1 atom stereocenters. The van der Waals surface area contributed by atoms with Gasteiger partial charge in [0.05, 0.1) is 0 Å². The first-order valence-corrected chi connectivity index (χ1v) is 6.68. The first-order valence-electron chi connectivity index (χ1n) is 6.68. The third kappa shape index (κ3) is 4.51. The molecule has 0 spiro atoms. The second kappa shape index (κ2) is 6.86. The fourth-order valence-electron chi connectivity index (χ4n) is 2.25. The van der Waals surface area contributed by atoms with Gasteiger partial charge >= 0.3 is 5.97 Å². The molecule has 1 aliphatic heterocycles. The van der Waals surface area contributed by atoms with E-state index in [4.69, 9.17) is 5.11 Å². The number of anilines is 1. The zero-order valence-electron chi connectivity index (χ0n) is 11.1. The molecule has 20 heavy (non-hydrogen) atoms. The number of benzene rings is 1. The van der Waals surface area contributed by atoms with Crippen LogP contribution in [0.2, 0.25) is 0 Å². The summed E-state index contributed by atoms with van der Waals surface area (Å²) in [6.07, 6.45) is 5.19. The van der Waals surface area contributed by atoms with Gasteiger partial charge in [0.2, 0.25) is 5.91 Å². The molecule has 0 aromatic heterocycles. The Labute approximate surface area is 117 Å². The standard InChI is InChI=1S/C15H18N2O3/c18-14(10-12-5-2-8-16-12)17-13-4-1-3-11(9-13)6-7-15(19)20/h1,3-4,6-7,9,12,16H,2,5,8,10H2,(H,17,18)(H,19,20)/b7-6+. The van der Waals surface area contributed by atoms with Crippen molar-refractivity contribution in [3.63, 3.8) is 0 Å². The Morgan fingerprint density at radius 2 is 2.30 bits per heavy atom. The molecule has 0 radical (unpaired) electrons. The molecule has 1 aliphatic rings. The van der Waals surface area contributed by atoms with Gasteiger partial charge in [-0.05, 0) is 43.2 Å². The number of nitrogens with one attached hydrogen (secondary N) is 2. The highest BCUT2D eigenvalue weighted by Gasteiger charge is 2.17. The Morgan fingerprint density at radius 3 is 3.00 bits per heavy atom. The number of aliphatic carboxylic acids is 1. The van der Waals surface area contributed by atoms with Crippen molar-refractivity contribution in [2.75, 3.05) is 11.9 Å². The minimum Gasteiger partial charge on any atom is -0.478 e. The van der Waals surface area contributed by atoms with Gasteiger partial charge in [0.15, 0.2) is 0 Å². The van der Waals surface area contributed by atoms with Crippen molar-refractivity contribution in [1.82, 2.24) is 5.32 Å². The molecule has 0 saturated carbocycles. The molecule has 5 heteroatoms. The normalized spacial score (nSPS) is 18.3. The summed E-state index contributed by atoms with van der Waals surface area (Å²) in [6.45, 7) is 0.980. The van der Waals surface area contributed by atoms with Gasteiger partial charge in [-0.25, -0.2) is 4.79 Å². The minimum atomic E-state index is -0.994. The van der Waals surface area contributed by atoms with Crippen LogP contribution in [-0.4, -0.2) is 29.6 Å². The Morgan fingerprint density at radius 1 is 1.45 bits per heavy atom. The van der Waals surface area contributed by atoms with E-state index in [0.29, 0.717) is 12.1 Å². The first kappa shape index (κ1) is 14.3. The molecular weight excluding hydrogens is 256 g/mol. The monoisotopic (exact) mass is 274 g/mol. The van der Waals surface area contributed by atoms with E-state index < -0.39 is 5.97 Å². The van der Waals surface area contributed by atoms with E-state index in [9.17, 15) is 9.59 Å². The number of rotatable bonds is 5. The lowest BCUT2D eigenvalue weighted by Crippen LogP contribution is -2.27. The molecule has 1 unspecified atom stereocenters. The summed E-state index contributed by atoms with van der Waals surface area (Å²) in [4.78, 5) is 22.3. The first-order chi connectivity index (χ1) is 9.63. The summed E-state index contributed by atoms with van der Waals surface area (Å²) in [5.41, 5.74) is 1.42. The number of carboxylic acids is 1. The molecule has 1 aromatic carbocycles. The van der Waals surface area contributed by atoms with Crippen LogP contribution < -0.4 is 10.6 Å². The van der Waals surface area contributed by atoms with Gasteiger partial charge in [-0.1, -0.05) is 12.1 Å². The molecule has 0 bridgehead atoms. The third-order valence-corrected chi connectivity index (χ3v) is 3.18. The largest absolute Gasteiger partial charge is 0.478 e. The predicted octanol–water partition coefficient (Wildman–Crippen LogP) is 1.86. The SMILES string of the molecule is O=C(O)/C=C/c1cccc(NC(=O)CC2CCCN2)c1.